The summed E-state index contributed by atoms with van der Waals surface area (Å²) in [5.74, 6) is 2.63. The van der Waals surface area contributed by atoms with Gasteiger partial charge >= 0.3 is 0 Å². The number of carbonyl (C=O) groups is 1. The Kier molecular flexibility index (Phi) is 5.45. The molecule has 0 aromatic heterocycles. The summed E-state index contributed by atoms with van der Waals surface area (Å²) in [7, 11) is 0. The van der Waals surface area contributed by atoms with Crippen LogP contribution in [0, 0.1) is 12.3 Å². The molecule has 0 unspecified atom stereocenters. The van der Waals surface area contributed by atoms with Gasteiger partial charge in [0.15, 0.2) is 0 Å². The van der Waals surface area contributed by atoms with E-state index in [1.807, 2.05) is 36.9 Å². The summed E-state index contributed by atoms with van der Waals surface area (Å²) in [4.78, 5) is 14.3. The lowest BCUT2D eigenvalue weighted by Gasteiger charge is -2.26. The van der Waals surface area contributed by atoms with Crippen molar-refractivity contribution >= 4 is 5.91 Å². The number of unbranched alkanes of at least 4 members (excludes halogenated alkanes) is 1. The van der Waals surface area contributed by atoms with Crippen molar-refractivity contribution in [3.05, 3.63) is 35.4 Å². The number of benzene rings is 1. The molecule has 0 aliphatic heterocycles. The number of amides is 1. The molecule has 2 heteroatoms. The van der Waals surface area contributed by atoms with Gasteiger partial charge in [0.05, 0.1) is 0 Å². The fraction of sp³-hybridized carbons (Fsp3) is 0.438. The summed E-state index contributed by atoms with van der Waals surface area (Å²) in [6.07, 6.45) is 7.47. The molecule has 0 spiro atoms. The molecule has 1 amide bonds. The van der Waals surface area contributed by atoms with E-state index >= 15 is 0 Å². The van der Waals surface area contributed by atoms with Crippen LogP contribution in [0.15, 0.2) is 24.3 Å². The van der Waals surface area contributed by atoms with Gasteiger partial charge < -0.3 is 4.90 Å². The predicted molar refractivity (Wildman–Crippen MR) is 75.5 cm³/mol. The van der Waals surface area contributed by atoms with Crippen molar-refractivity contribution in [3.63, 3.8) is 0 Å². The third-order valence-corrected chi connectivity index (χ3v) is 2.91. The third-order valence-electron chi connectivity index (χ3n) is 2.91. The summed E-state index contributed by atoms with van der Waals surface area (Å²) >= 11 is 0. The van der Waals surface area contributed by atoms with Crippen molar-refractivity contribution in [2.75, 3.05) is 6.54 Å². The molecule has 0 N–H and O–H groups in total. The highest BCUT2D eigenvalue weighted by atomic mass is 16.2. The van der Waals surface area contributed by atoms with E-state index < -0.39 is 0 Å². The maximum absolute atomic E-state index is 12.4. The molecule has 0 atom stereocenters. The van der Waals surface area contributed by atoms with E-state index in [4.69, 9.17) is 6.42 Å². The Morgan fingerprint density at radius 3 is 2.72 bits per heavy atom. The van der Waals surface area contributed by atoms with Gasteiger partial charge in [-0.1, -0.05) is 25.3 Å². The van der Waals surface area contributed by atoms with Gasteiger partial charge in [-0.15, -0.1) is 6.42 Å². The molecule has 1 rings (SSSR count). The largest absolute Gasteiger partial charge is 0.336 e. The molecule has 96 valence electrons. The second kappa shape index (κ2) is 6.86. The third kappa shape index (κ3) is 3.63. The van der Waals surface area contributed by atoms with Gasteiger partial charge in [0.2, 0.25) is 0 Å². The summed E-state index contributed by atoms with van der Waals surface area (Å²) in [6, 6.07) is 7.48. The van der Waals surface area contributed by atoms with E-state index in [9.17, 15) is 4.79 Å². The van der Waals surface area contributed by atoms with Crippen molar-refractivity contribution in [2.24, 2.45) is 0 Å². The number of carbonyl (C=O) groups excluding carboxylic acids is 1. The molecular formula is C16H21NO. The van der Waals surface area contributed by atoms with E-state index in [0.717, 1.165) is 24.9 Å². The SMILES string of the molecule is C#Cc1cccc(C(=O)N(CCCC)C(C)C)c1. The lowest BCUT2D eigenvalue weighted by Crippen LogP contribution is -2.37. The first-order valence-electron chi connectivity index (χ1n) is 6.47. The van der Waals surface area contributed by atoms with E-state index in [-0.39, 0.29) is 11.9 Å². The number of hydrogen-bond donors (Lipinski definition) is 0. The molecule has 0 fully saturated rings. The second-order valence-corrected chi connectivity index (χ2v) is 4.67. The first-order valence-corrected chi connectivity index (χ1v) is 6.47. The van der Waals surface area contributed by atoms with Crippen molar-refractivity contribution < 1.29 is 4.79 Å². The van der Waals surface area contributed by atoms with Gasteiger partial charge in [0.25, 0.3) is 5.91 Å². The predicted octanol–water partition coefficient (Wildman–Crippen LogP) is 3.32. The van der Waals surface area contributed by atoms with Crippen LogP contribution < -0.4 is 0 Å². The zero-order valence-electron chi connectivity index (χ0n) is 11.4. The lowest BCUT2D eigenvalue weighted by atomic mass is 10.1. The number of terminal acetylenes is 1. The summed E-state index contributed by atoms with van der Waals surface area (Å²) < 4.78 is 0. The molecule has 0 aliphatic carbocycles. The topological polar surface area (TPSA) is 20.3 Å². The Balaban J connectivity index is 2.91. The first kappa shape index (κ1) is 14.3. The summed E-state index contributed by atoms with van der Waals surface area (Å²) in [5, 5.41) is 0. The van der Waals surface area contributed by atoms with E-state index in [1.54, 1.807) is 6.07 Å². The number of hydrogen-bond acceptors (Lipinski definition) is 1. The molecular weight excluding hydrogens is 222 g/mol. The van der Waals surface area contributed by atoms with E-state index in [1.165, 1.54) is 0 Å². The Labute approximate surface area is 110 Å². The Morgan fingerprint density at radius 2 is 2.17 bits per heavy atom. The van der Waals surface area contributed by atoms with Gasteiger partial charge in [-0.25, -0.2) is 0 Å². The van der Waals surface area contributed by atoms with E-state index in [0.29, 0.717) is 5.56 Å². The van der Waals surface area contributed by atoms with Crippen molar-refractivity contribution in [3.8, 4) is 12.3 Å². The number of nitrogens with zero attached hydrogens (tertiary/aromatic N) is 1. The molecule has 0 saturated heterocycles. The van der Waals surface area contributed by atoms with Crippen molar-refractivity contribution in [1.29, 1.82) is 0 Å². The summed E-state index contributed by atoms with van der Waals surface area (Å²) in [6.45, 7) is 7.01. The van der Waals surface area contributed by atoms with Gasteiger partial charge in [-0.2, -0.15) is 0 Å². The van der Waals surface area contributed by atoms with Crippen molar-refractivity contribution in [1.82, 2.24) is 4.90 Å². The van der Waals surface area contributed by atoms with Gasteiger partial charge in [-0.05, 0) is 38.5 Å². The monoisotopic (exact) mass is 243 g/mol. The van der Waals surface area contributed by atoms with Crippen LogP contribution in [-0.4, -0.2) is 23.4 Å². The minimum absolute atomic E-state index is 0.0653. The highest BCUT2D eigenvalue weighted by molar-refractivity contribution is 5.94. The van der Waals surface area contributed by atoms with Crippen LogP contribution in [0.4, 0.5) is 0 Å². The zero-order chi connectivity index (χ0) is 13.5. The molecule has 0 aliphatic rings. The highest BCUT2D eigenvalue weighted by Crippen LogP contribution is 2.11. The normalized spacial score (nSPS) is 10.2. The van der Waals surface area contributed by atoms with Crippen LogP contribution >= 0.6 is 0 Å². The Bertz CT molecular complexity index is 443. The summed E-state index contributed by atoms with van der Waals surface area (Å²) in [5.41, 5.74) is 1.43. The van der Waals surface area contributed by atoms with Crippen molar-refractivity contribution in [2.45, 2.75) is 39.7 Å². The van der Waals surface area contributed by atoms with Crippen LogP contribution in [0.25, 0.3) is 0 Å². The maximum atomic E-state index is 12.4. The standard InChI is InChI=1S/C16H21NO/c1-5-7-11-17(13(3)4)16(18)15-10-8-9-14(6-2)12-15/h2,8-10,12-13H,5,7,11H2,1,3-4H3. The molecule has 0 saturated carbocycles. The Morgan fingerprint density at radius 1 is 1.44 bits per heavy atom. The van der Waals surface area contributed by atoms with E-state index in [2.05, 4.69) is 12.8 Å². The fourth-order valence-electron chi connectivity index (χ4n) is 1.83. The van der Waals surface area contributed by atoms with Crippen LogP contribution in [0.1, 0.15) is 49.5 Å². The van der Waals surface area contributed by atoms with Crippen LogP contribution in [0.3, 0.4) is 0 Å². The van der Waals surface area contributed by atoms with Crippen LogP contribution in [0.5, 0.6) is 0 Å². The molecule has 1 aromatic rings. The smallest absolute Gasteiger partial charge is 0.254 e. The number of rotatable bonds is 5. The van der Waals surface area contributed by atoms with Gasteiger partial charge in [-0.3, -0.25) is 4.79 Å². The minimum atomic E-state index is 0.0653. The average molecular weight is 243 g/mol. The zero-order valence-corrected chi connectivity index (χ0v) is 11.4. The molecule has 0 radical (unpaired) electrons. The Hall–Kier alpha value is -1.75. The molecule has 2 nitrogen and oxygen atoms in total. The average Bonchev–Trinajstić information content (AvgIpc) is 2.38. The maximum Gasteiger partial charge on any atom is 0.254 e. The van der Waals surface area contributed by atoms with Crippen LogP contribution in [0.2, 0.25) is 0 Å². The quantitative estimate of drug-likeness (QED) is 0.726. The lowest BCUT2D eigenvalue weighted by molar-refractivity contribution is 0.0703. The highest BCUT2D eigenvalue weighted by Gasteiger charge is 2.18. The first-order chi connectivity index (χ1) is 8.60. The van der Waals surface area contributed by atoms with Gasteiger partial charge in [0.1, 0.15) is 0 Å². The fourth-order valence-corrected chi connectivity index (χ4v) is 1.83. The molecule has 18 heavy (non-hydrogen) atoms. The minimum Gasteiger partial charge on any atom is -0.336 e. The molecule has 1 aromatic carbocycles. The molecule has 0 heterocycles. The van der Waals surface area contributed by atoms with Crippen LogP contribution in [-0.2, 0) is 0 Å². The second-order valence-electron chi connectivity index (χ2n) is 4.67. The molecule has 0 bridgehead atoms. The van der Waals surface area contributed by atoms with Gasteiger partial charge in [0, 0.05) is 23.7 Å².